The maximum absolute atomic E-state index is 13.2. The minimum atomic E-state index is -0.615. The number of aromatic nitrogens is 2. The van der Waals surface area contributed by atoms with Crippen LogP contribution in [0.15, 0.2) is 56.2 Å². The summed E-state index contributed by atoms with van der Waals surface area (Å²) in [4.78, 5) is 26.9. The average molecular weight is 458 g/mol. The highest BCUT2D eigenvalue weighted by molar-refractivity contribution is 9.10. The van der Waals surface area contributed by atoms with E-state index in [9.17, 15) is 14.7 Å². The van der Waals surface area contributed by atoms with Gasteiger partial charge in [0.2, 0.25) is 0 Å². The number of halogens is 1. The Morgan fingerprint density at radius 3 is 2.79 bits per heavy atom. The van der Waals surface area contributed by atoms with Gasteiger partial charge < -0.3 is 10.4 Å². The third kappa shape index (κ3) is 2.67. The molecule has 6 nitrogen and oxygen atoms in total. The Hall–Kier alpha value is -2.58. The van der Waals surface area contributed by atoms with E-state index >= 15 is 0 Å². The number of carbonyl (C=O) groups is 1. The molecule has 4 N–H and O–H groups in total. The van der Waals surface area contributed by atoms with Gasteiger partial charge in [0.25, 0.3) is 5.56 Å². The molecule has 0 fully saturated rings. The lowest BCUT2D eigenvalue weighted by molar-refractivity contribution is -0.116. The number of fused-ring (bicyclic) bond motifs is 1. The molecule has 2 unspecified atom stereocenters. The van der Waals surface area contributed by atoms with Crippen molar-refractivity contribution in [1.82, 2.24) is 10.2 Å². The van der Waals surface area contributed by atoms with Gasteiger partial charge in [-0.2, -0.15) is 0 Å². The summed E-state index contributed by atoms with van der Waals surface area (Å²) in [5.74, 6) is 0.107. The Bertz CT molecular complexity index is 1180. The van der Waals surface area contributed by atoms with Gasteiger partial charge in [0.1, 0.15) is 11.6 Å². The Balaban J connectivity index is 1.70. The number of hydrogen-bond acceptors (Lipinski definition) is 5. The molecule has 2 aromatic heterocycles. The van der Waals surface area contributed by atoms with Crippen molar-refractivity contribution in [3.05, 3.63) is 77.8 Å². The van der Waals surface area contributed by atoms with E-state index in [1.165, 1.54) is 4.88 Å². The van der Waals surface area contributed by atoms with Crippen LogP contribution in [-0.2, 0) is 4.79 Å². The lowest BCUT2D eigenvalue weighted by Gasteiger charge is -2.34. The summed E-state index contributed by atoms with van der Waals surface area (Å²) in [5, 5.41) is 21.3. The van der Waals surface area contributed by atoms with Crippen LogP contribution < -0.4 is 10.9 Å². The maximum atomic E-state index is 13.2. The number of anilines is 1. The number of rotatable bonds is 2. The highest BCUT2D eigenvalue weighted by Gasteiger charge is 2.41. The highest BCUT2D eigenvalue weighted by atomic mass is 79.9. The number of Topliss-reactive ketones (excluding diaryl/α,β-unsaturated/α-hetero) is 1. The van der Waals surface area contributed by atoms with Crippen molar-refractivity contribution >= 4 is 38.9 Å². The third-order valence-electron chi connectivity index (χ3n) is 5.42. The fraction of sp³-hybridized carbons (Fsp3) is 0.200. The van der Waals surface area contributed by atoms with Crippen molar-refractivity contribution in [1.29, 1.82) is 0 Å². The van der Waals surface area contributed by atoms with Gasteiger partial charge in [-0.15, -0.1) is 11.3 Å². The number of thiophene rings is 1. The van der Waals surface area contributed by atoms with E-state index in [0.29, 0.717) is 35.4 Å². The summed E-state index contributed by atoms with van der Waals surface area (Å²) in [7, 11) is 0. The SMILES string of the molecule is O=C1CC(c2cccs2)CC2=C1C(c1cc(Br)ccc1O)c1c([nH][nH]c1=O)N2. The average Bonchev–Trinajstić information content (AvgIpc) is 3.33. The monoisotopic (exact) mass is 457 g/mol. The van der Waals surface area contributed by atoms with Crippen molar-refractivity contribution in [3.8, 4) is 5.75 Å². The molecule has 142 valence electrons. The number of aromatic hydroxyl groups is 1. The molecule has 8 heteroatoms. The molecule has 0 saturated carbocycles. The van der Waals surface area contributed by atoms with Crippen LogP contribution in [0.4, 0.5) is 5.82 Å². The first kappa shape index (κ1) is 17.5. The summed E-state index contributed by atoms with van der Waals surface area (Å²) >= 11 is 5.08. The zero-order chi connectivity index (χ0) is 19.4. The highest BCUT2D eigenvalue weighted by Crippen LogP contribution is 2.48. The van der Waals surface area contributed by atoms with Gasteiger partial charge in [-0.05, 0) is 36.1 Å². The molecule has 0 bridgehead atoms. The van der Waals surface area contributed by atoms with E-state index < -0.39 is 5.92 Å². The fourth-order valence-electron chi connectivity index (χ4n) is 4.21. The molecule has 1 aliphatic carbocycles. The van der Waals surface area contributed by atoms with Crippen molar-refractivity contribution in [2.75, 3.05) is 5.32 Å². The third-order valence-corrected chi connectivity index (χ3v) is 6.95. The van der Waals surface area contributed by atoms with Crippen LogP contribution in [0.5, 0.6) is 5.75 Å². The van der Waals surface area contributed by atoms with E-state index in [0.717, 1.165) is 10.2 Å². The summed E-state index contributed by atoms with van der Waals surface area (Å²) in [6.45, 7) is 0. The molecule has 0 spiro atoms. The van der Waals surface area contributed by atoms with Crippen LogP contribution in [0.2, 0.25) is 0 Å². The zero-order valence-corrected chi connectivity index (χ0v) is 17.0. The van der Waals surface area contributed by atoms with E-state index in [4.69, 9.17) is 0 Å². The van der Waals surface area contributed by atoms with Gasteiger partial charge in [-0.3, -0.25) is 19.8 Å². The first-order valence-electron chi connectivity index (χ1n) is 8.88. The number of allylic oxidation sites excluding steroid dienone is 2. The molecule has 2 aliphatic rings. The van der Waals surface area contributed by atoms with Crippen molar-refractivity contribution in [3.63, 3.8) is 0 Å². The number of aromatic amines is 2. The number of hydrogen-bond donors (Lipinski definition) is 4. The summed E-state index contributed by atoms with van der Waals surface area (Å²) < 4.78 is 0.772. The lowest BCUT2D eigenvalue weighted by atomic mass is 9.73. The van der Waals surface area contributed by atoms with Crippen LogP contribution >= 0.6 is 27.3 Å². The van der Waals surface area contributed by atoms with Gasteiger partial charge in [0.05, 0.1) is 11.5 Å². The number of carbonyl (C=O) groups excluding carboxylic acids is 1. The van der Waals surface area contributed by atoms with Crippen LogP contribution in [0.1, 0.15) is 40.7 Å². The summed E-state index contributed by atoms with van der Waals surface area (Å²) in [6.07, 6.45) is 1.07. The number of nitrogens with one attached hydrogen (secondary N) is 3. The van der Waals surface area contributed by atoms with Gasteiger partial charge >= 0.3 is 0 Å². The largest absolute Gasteiger partial charge is 0.508 e. The van der Waals surface area contributed by atoms with E-state index in [-0.39, 0.29) is 23.0 Å². The van der Waals surface area contributed by atoms with Crippen molar-refractivity contribution in [2.24, 2.45) is 0 Å². The molecule has 0 radical (unpaired) electrons. The molecule has 1 aromatic carbocycles. The Morgan fingerprint density at radius 1 is 1.14 bits per heavy atom. The Morgan fingerprint density at radius 2 is 2.00 bits per heavy atom. The molecule has 0 amide bonds. The van der Waals surface area contributed by atoms with Crippen LogP contribution in [0.3, 0.4) is 0 Å². The predicted molar refractivity (Wildman–Crippen MR) is 111 cm³/mol. The van der Waals surface area contributed by atoms with E-state index in [2.05, 4.69) is 37.5 Å². The first-order valence-corrected chi connectivity index (χ1v) is 10.6. The molecule has 5 rings (SSSR count). The molecule has 3 heterocycles. The number of phenolic OH excluding ortho intramolecular Hbond substituents is 1. The molecular formula is C20H16BrN3O3S. The summed E-state index contributed by atoms with van der Waals surface area (Å²) in [6, 6.07) is 9.12. The van der Waals surface area contributed by atoms with Crippen molar-refractivity contribution in [2.45, 2.75) is 24.7 Å². The van der Waals surface area contributed by atoms with Gasteiger partial charge in [-0.25, -0.2) is 0 Å². The van der Waals surface area contributed by atoms with Gasteiger partial charge in [0.15, 0.2) is 5.78 Å². The predicted octanol–water partition coefficient (Wildman–Crippen LogP) is 4.19. The van der Waals surface area contributed by atoms with Crippen LogP contribution in [-0.4, -0.2) is 21.1 Å². The molecule has 2 atom stereocenters. The minimum Gasteiger partial charge on any atom is -0.508 e. The summed E-state index contributed by atoms with van der Waals surface area (Å²) in [5.41, 5.74) is 2.04. The number of H-pyrrole nitrogens is 2. The second-order valence-electron chi connectivity index (χ2n) is 7.06. The fourth-order valence-corrected chi connectivity index (χ4v) is 5.42. The molecule has 1 aliphatic heterocycles. The Kier molecular flexibility index (Phi) is 4.06. The van der Waals surface area contributed by atoms with Gasteiger partial charge in [0, 0.05) is 38.5 Å². The van der Waals surface area contributed by atoms with E-state index in [1.807, 2.05) is 11.4 Å². The maximum Gasteiger partial charge on any atom is 0.270 e. The van der Waals surface area contributed by atoms with Crippen LogP contribution in [0.25, 0.3) is 0 Å². The second kappa shape index (κ2) is 6.49. The number of phenols is 1. The van der Waals surface area contributed by atoms with Crippen LogP contribution in [0, 0.1) is 0 Å². The molecule has 3 aromatic rings. The number of ketones is 1. The lowest BCUT2D eigenvalue weighted by Crippen LogP contribution is -2.31. The minimum absolute atomic E-state index is 0.00257. The zero-order valence-electron chi connectivity index (χ0n) is 14.6. The number of benzene rings is 1. The Labute approximate surface area is 172 Å². The topological polar surface area (TPSA) is 98.0 Å². The molecular weight excluding hydrogens is 442 g/mol. The standard InChI is InChI=1S/C20H16BrN3O3S/c21-10-3-4-13(25)11(8-10)16-17-12(22-19-18(16)20(27)24-23-19)6-9(7-14(17)26)15-2-1-5-28-15/h1-5,8-9,16,25H,6-7H2,(H3,22,23,24,27). The van der Waals surface area contributed by atoms with Gasteiger partial charge in [-0.1, -0.05) is 22.0 Å². The smallest absolute Gasteiger partial charge is 0.270 e. The van der Waals surface area contributed by atoms with Crippen molar-refractivity contribution < 1.29 is 9.90 Å². The first-order chi connectivity index (χ1) is 13.5. The molecule has 0 saturated heterocycles. The van der Waals surface area contributed by atoms with E-state index in [1.54, 1.807) is 29.5 Å². The quantitative estimate of drug-likeness (QED) is 0.463. The molecule has 28 heavy (non-hydrogen) atoms. The normalized spacial score (nSPS) is 21.2. The second-order valence-corrected chi connectivity index (χ2v) is 8.96.